The van der Waals surface area contributed by atoms with Gasteiger partial charge in [-0.3, -0.25) is 14.9 Å². The van der Waals surface area contributed by atoms with E-state index in [4.69, 9.17) is 13.9 Å². The number of amides is 1. The SMILES string of the molecule is COc1cc([N+](=O)[O-])ccc1NC(=O)/C=C(\C)c1cc2c(-c3ccc(C)cc3)coc2cc1OC. The summed E-state index contributed by atoms with van der Waals surface area (Å²) in [6.07, 6.45) is 3.15. The molecule has 1 heterocycles. The number of aryl methyl sites for hydroxylation is 1. The van der Waals surface area contributed by atoms with E-state index in [2.05, 4.69) is 5.32 Å². The van der Waals surface area contributed by atoms with Gasteiger partial charge >= 0.3 is 0 Å². The number of rotatable bonds is 7. The van der Waals surface area contributed by atoms with Gasteiger partial charge in [0.15, 0.2) is 0 Å². The fourth-order valence-electron chi connectivity index (χ4n) is 3.83. The number of benzene rings is 3. The van der Waals surface area contributed by atoms with Crippen molar-refractivity contribution in [2.24, 2.45) is 0 Å². The van der Waals surface area contributed by atoms with Gasteiger partial charge in [-0.1, -0.05) is 29.8 Å². The summed E-state index contributed by atoms with van der Waals surface area (Å²) in [5.74, 6) is 0.346. The predicted molar refractivity (Wildman–Crippen MR) is 135 cm³/mol. The molecule has 0 aliphatic heterocycles. The van der Waals surface area contributed by atoms with E-state index in [1.165, 1.54) is 36.9 Å². The first kappa shape index (κ1) is 23.6. The largest absolute Gasteiger partial charge is 0.496 e. The molecule has 4 rings (SSSR count). The van der Waals surface area contributed by atoms with Gasteiger partial charge in [0.25, 0.3) is 5.69 Å². The van der Waals surface area contributed by atoms with Crippen LogP contribution in [0.15, 0.2) is 71.4 Å². The van der Waals surface area contributed by atoms with E-state index in [9.17, 15) is 14.9 Å². The number of carbonyl (C=O) groups excluding carboxylic acids is 1. The first-order valence-electron chi connectivity index (χ1n) is 10.8. The number of nitro groups is 1. The molecule has 1 N–H and O–H groups in total. The molecule has 0 atom stereocenters. The molecule has 1 amide bonds. The molecule has 8 heteroatoms. The summed E-state index contributed by atoms with van der Waals surface area (Å²) in [7, 11) is 2.94. The van der Waals surface area contributed by atoms with E-state index in [1.54, 1.807) is 19.4 Å². The second kappa shape index (κ2) is 9.72. The number of hydrogen-bond donors (Lipinski definition) is 1. The summed E-state index contributed by atoms with van der Waals surface area (Å²) in [6, 6.07) is 15.9. The zero-order valence-corrected chi connectivity index (χ0v) is 19.7. The third-order valence-corrected chi connectivity index (χ3v) is 5.68. The quantitative estimate of drug-likeness (QED) is 0.190. The van der Waals surface area contributed by atoms with Crippen LogP contribution in [-0.4, -0.2) is 25.1 Å². The molecule has 178 valence electrons. The molecule has 3 aromatic carbocycles. The number of carbonyl (C=O) groups is 1. The number of anilines is 1. The first-order valence-corrected chi connectivity index (χ1v) is 10.8. The number of hydrogen-bond acceptors (Lipinski definition) is 6. The van der Waals surface area contributed by atoms with Crippen molar-refractivity contribution in [2.45, 2.75) is 13.8 Å². The fourth-order valence-corrected chi connectivity index (χ4v) is 3.83. The highest BCUT2D eigenvalue weighted by Crippen LogP contribution is 2.37. The normalized spacial score (nSPS) is 11.4. The third kappa shape index (κ3) is 4.86. The number of nitrogens with one attached hydrogen (secondary N) is 1. The number of ether oxygens (including phenoxy) is 2. The Hall–Kier alpha value is -4.59. The number of allylic oxidation sites excluding steroid dienone is 1. The molecule has 1 aromatic heterocycles. The average molecular weight is 472 g/mol. The Morgan fingerprint density at radius 2 is 1.74 bits per heavy atom. The van der Waals surface area contributed by atoms with Crippen LogP contribution < -0.4 is 14.8 Å². The van der Waals surface area contributed by atoms with Crippen LogP contribution in [0.1, 0.15) is 18.1 Å². The monoisotopic (exact) mass is 472 g/mol. The van der Waals surface area contributed by atoms with E-state index >= 15 is 0 Å². The maximum absolute atomic E-state index is 12.8. The molecule has 0 saturated heterocycles. The number of nitro benzene ring substituents is 1. The van der Waals surface area contributed by atoms with Crippen LogP contribution in [0.3, 0.4) is 0 Å². The van der Waals surface area contributed by atoms with E-state index in [0.29, 0.717) is 22.6 Å². The van der Waals surface area contributed by atoms with Crippen LogP contribution >= 0.6 is 0 Å². The Labute approximate surface area is 201 Å². The van der Waals surface area contributed by atoms with Gasteiger partial charge in [-0.25, -0.2) is 0 Å². The molecule has 0 aliphatic rings. The van der Waals surface area contributed by atoms with Crippen LogP contribution in [-0.2, 0) is 4.79 Å². The summed E-state index contributed by atoms with van der Waals surface area (Å²) in [5.41, 5.74) is 5.40. The number of furan rings is 1. The molecular formula is C27H24N2O6. The van der Waals surface area contributed by atoms with Crippen LogP contribution in [0.4, 0.5) is 11.4 Å². The Bertz CT molecular complexity index is 1450. The zero-order valence-electron chi connectivity index (χ0n) is 19.7. The summed E-state index contributed by atoms with van der Waals surface area (Å²) >= 11 is 0. The van der Waals surface area contributed by atoms with Crippen molar-refractivity contribution >= 4 is 33.8 Å². The van der Waals surface area contributed by atoms with Gasteiger partial charge in [-0.2, -0.15) is 0 Å². The first-order chi connectivity index (χ1) is 16.8. The molecule has 8 nitrogen and oxygen atoms in total. The molecular weight excluding hydrogens is 448 g/mol. The lowest BCUT2D eigenvalue weighted by Crippen LogP contribution is -2.10. The Kier molecular flexibility index (Phi) is 6.55. The topological polar surface area (TPSA) is 104 Å². The highest BCUT2D eigenvalue weighted by molar-refractivity contribution is 6.06. The summed E-state index contributed by atoms with van der Waals surface area (Å²) in [6.45, 7) is 3.84. The maximum Gasteiger partial charge on any atom is 0.273 e. The second-order valence-corrected chi connectivity index (χ2v) is 8.02. The summed E-state index contributed by atoms with van der Waals surface area (Å²) in [5, 5.41) is 14.6. The molecule has 0 bridgehead atoms. The van der Waals surface area contributed by atoms with Gasteiger partial charge in [0, 0.05) is 34.7 Å². The van der Waals surface area contributed by atoms with Crippen molar-refractivity contribution in [1.29, 1.82) is 0 Å². The minimum Gasteiger partial charge on any atom is -0.496 e. The van der Waals surface area contributed by atoms with Crippen molar-refractivity contribution in [3.63, 3.8) is 0 Å². The molecule has 35 heavy (non-hydrogen) atoms. The van der Waals surface area contributed by atoms with Crippen molar-refractivity contribution in [2.75, 3.05) is 19.5 Å². The van der Waals surface area contributed by atoms with Crippen LogP contribution in [0.2, 0.25) is 0 Å². The minimum absolute atomic E-state index is 0.130. The fraction of sp³-hybridized carbons (Fsp3) is 0.148. The van der Waals surface area contributed by atoms with Crippen molar-refractivity contribution < 1.29 is 23.6 Å². The summed E-state index contributed by atoms with van der Waals surface area (Å²) in [4.78, 5) is 23.3. The third-order valence-electron chi connectivity index (χ3n) is 5.68. The Morgan fingerprint density at radius 1 is 1.03 bits per heavy atom. The minimum atomic E-state index is -0.526. The van der Waals surface area contributed by atoms with E-state index in [-0.39, 0.29) is 11.4 Å². The van der Waals surface area contributed by atoms with E-state index < -0.39 is 10.8 Å². The lowest BCUT2D eigenvalue weighted by molar-refractivity contribution is -0.384. The maximum atomic E-state index is 12.8. The number of nitrogens with zero attached hydrogens (tertiary/aromatic N) is 1. The van der Waals surface area contributed by atoms with Crippen LogP contribution in [0.25, 0.3) is 27.7 Å². The average Bonchev–Trinajstić information content (AvgIpc) is 3.26. The zero-order chi connectivity index (χ0) is 25.1. The number of fused-ring (bicyclic) bond motifs is 1. The molecule has 0 radical (unpaired) electrons. The van der Waals surface area contributed by atoms with Gasteiger partial charge < -0.3 is 19.2 Å². The Morgan fingerprint density at radius 3 is 2.40 bits per heavy atom. The number of non-ortho nitro benzene ring substituents is 1. The van der Waals surface area contributed by atoms with E-state index in [0.717, 1.165) is 22.1 Å². The smallest absolute Gasteiger partial charge is 0.273 e. The van der Waals surface area contributed by atoms with Crippen LogP contribution in [0.5, 0.6) is 11.5 Å². The van der Waals surface area contributed by atoms with Gasteiger partial charge in [-0.05, 0) is 37.1 Å². The molecule has 0 fully saturated rings. The lowest BCUT2D eigenvalue weighted by Gasteiger charge is -2.11. The van der Waals surface area contributed by atoms with Gasteiger partial charge in [0.1, 0.15) is 17.1 Å². The summed E-state index contributed by atoms with van der Waals surface area (Å²) < 4.78 is 16.5. The molecule has 0 spiro atoms. The molecule has 0 aliphatic carbocycles. The predicted octanol–water partition coefficient (Wildman–Crippen LogP) is 6.38. The van der Waals surface area contributed by atoms with E-state index in [1.807, 2.05) is 44.2 Å². The highest BCUT2D eigenvalue weighted by Gasteiger charge is 2.16. The second-order valence-electron chi connectivity index (χ2n) is 8.02. The van der Waals surface area contributed by atoms with Gasteiger partial charge in [0.05, 0.1) is 37.2 Å². The van der Waals surface area contributed by atoms with Crippen molar-refractivity contribution in [3.8, 4) is 22.6 Å². The standard InChI is InChI=1S/C27H24N2O6/c1-16-5-7-18(8-6-16)22-15-35-25-14-24(33-3)20(13-21(22)25)17(2)11-27(30)28-23-10-9-19(29(31)32)12-26(23)34-4/h5-15H,1-4H3,(H,28,30)/b17-11+. The number of methoxy groups -OCH3 is 2. The lowest BCUT2D eigenvalue weighted by atomic mass is 9.99. The molecule has 0 unspecified atom stereocenters. The van der Waals surface area contributed by atoms with Gasteiger partial charge in [-0.15, -0.1) is 0 Å². The van der Waals surface area contributed by atoms with Crippen molar-refractivity contribution in [1.82, 2.24) is 0 Å². The van der Waals surface area contributed by atoms with Gasteiger partial charge in [0.2, 0.25) is 5.91 Å². The van der Waals surface area contributed by atoms with Crippen molar-refractivity contribution in [3.05, 3.63) is 88.2 Å². The molecule has 4 aromatic rings. The highest BCUT2D eigenvalue weighted by atomic mass is 16.6. The van der Waals surface area contributed by atoms with Crippen LogP contribution in [0, 0.1) is 17.0 Å². The Balaban J connectivity index is 1.68. The molecule has 0 saturated carbocycles.